The molecule has 0 aliphatic carbocycles. The van der Waals surface area contributed by atoms with E-state index in [0.717, 1.165) is 4.90 Å². The number of nitrogens with one attached hydrogen (secondary N) is 1. The number of anilines is 1. The number of hydrogen-bond acceptors (Lipinski definition) is 9. The van der Waals surface area contributed by atoms with E-state index in [1.165, 1.54) is 25.3 Å². The maximum atomic E-state index is 13.0. The van der Waals surface area contributed by atoms with Gasteiger partial charge in [-0.15, -0.1) is 0 Å². The van der Waals surface area contributed by atoms with Crippen molar-refractivity contribution in [3.8, 4) is 17.2 Å². The molecule has 1 aliphatic heterocycles. The van der Waals surface area contributed by atoms with E-state index in [4.69, 9.17) is 25.8 Å². The van der Waals surface area contributed by atoms with Gasteiger partial charge in [-0.1, -0.05) is 11.6 Å². The van der Waals surface area contributed by atoms with Gasteiger partial charge in [0.15, 0.2) is 11.5 Å². The molecule has 1 aliphatic rings. The van der Waals surface area contributed by atoms with Crippen molar-refractivity contribution in [2.24, 2.45) is 0 Å². The van der Waals surface area contributed by atoms with Gasteiger partial charge in [0.2, 0.25) is 5.91 Å². The predicted octanol–water partition coefficient (Wildman–Crippen LogP) is 5.91. The van der Waals surface area contributed by atoms with E-state index in [1.54, 1.807) is 55.5 Å². The first-order chi connectivity index (χ1) is 19.7. The highest BCUT2D eigenvalue weighted by Gasteiger charge is 2.36. The summed E-state index contributed by atoms with van der Waals surface area (Å²) >= 11 is 7.20. The third-order valence-corrected chi connectivity index (χ3v) is 6.90. The zero-order valence-electron chi connectivity index (χ0n) is 21.9. The smallest absolute Gasteiger partial charge is 0.294 e. The molecule has 0 saturated carbocycles. The van der Waals surface area contributed by atoms with Crippen LogP contribution >= 0.6 is 23.4 Å². The third kappa shape index (κ3) is 7.35. The standard InChI is InChI=1S/C28H24ClN3O8S/c1-3-39-23-13-18(12-22(29)26(23)40-16-17-4-8-20(9-5-17)32(36)37)14-24-27(34)31(28(35)41-24)15-25(33)30-19-6-10-21(38-2)11-7-19/h4-14H,3,15-16H2,1-2H3,(H,30,33)/b24-14+. The van der Waals surface area contributed by atoms with Crippen molar-refractivity contribution in [3.05, 3.63) is 91.8 Å². The van der Waals surface area contributed by atoms with Crippen LogP contribution in [0.5, 0.6) is 17.2 Å². The molecule has 1 saturated heterocycles. The Labute approximate surface area is 244 Å². The molecule has 3 aromatic carbocycles. The molecule has 0 unspecified atom stereocenters. The molecule has 1 heterocycles. The van der Waals surface area contributed by atoms with Gasteiger partial charge in [0.1, 0.15) is 18.9 Å². The van der Waals surface area contributed by atoms with E-state index in [9.17, 15) is 24.5 Å². The van der Waals surface area contributed by atoms with E-state index >= 15 is 0 Å². The zero-order valence-corrected chi connectivity index (χ0v) is 23.5. The second-order valence-corrected chi connectivity index (χ2v) is 9.92. The van der Waals surface area contributed by atoms with Crippen LogP contribution in [0.25, 0.3) is 6.08 Å². The average molecular weight is 598 g/mol. The highest BCUT2D eigenvalue weighted by Crippen LogP contribution is 2.39. The number of thioether (sulfide) groups is 1. The van der Waals surface area contributed by atoms with Crippen LogP contribution in [0.4, 0.5) is 16.2 Å². The first kappa shape index (κ1) is 29.4. The molecule has 13 heteroatoms. The number of carbonyl (C=O) groups is 3. The Kier molecular flexibility index (Phi) is 9.48. The second-order valence-electron chi connectivity index (χ2n) is 8.52. The summed E-state index contributed by atoms with van der Waals surface area (Å²) in [5, 5.41) is 13.1. The third-order valence-electron chi connectivity index (χ3n) is 5.71. The molecule has 0 bridgehead atoms. The highest BCUT2D eigenvalue weighted by atomic mass is 35.5. The Balaban J connectivity index is 1.46. The van der Waals surface area contributed by atoms with E-state index in [0.29, 0.717) is 46.7 Å². The van der Waals surface area contributed by atoms with Crippen molar-refractivity contribution in [2.45, 2.75) is 13.5 Å². The Hall–Kier alpha value is -4.55. The summed E-state index contributed by atoms with van der Waals surface area (Å²) in [6, 6.07) is 15.7. The summed E-state index contributed by atoms with van der Waals surface area (Å²) in [6.45, 7) is 1.71. The van der Waals surface area contributed by atoms with E-state index in [1.807, 2.05) is 0 Å². The first-order valence-electron chi connectivity index (χ1n) is 12.2. The van der Waals surface area contributed by atoms with Crippen molar-refractivity contribution in [1.82, 2.24) is 4.90 Å². The molecule has 11 nitrogen and oxygen atoms in total. The molecule has 41 heavy (non-hydrogen) atoms. The number of imide groups is 1. The summed E-state index contributed by atoms with van der Waals surface area (Å²) < 4.78 is 16.6. The Morgan fingerprint density at radius 1 is 1.10 bits per heavy atom. The predicted molar refractivity (Wildman–Crippen MR) is 154 cm³/mol. The number of ether oxygens (including phenoxy) is 3. The monoisotopic (exact) mass is 597 g/mol. The van der Waals surface area contributed by atoms with Gasteiger partial charge >= 0.3 is 0 Å². The lowest BCUT2D eigenvalue weighted by molar-refractivity contribution is -0.384. The SMILES string of the molecule is CCOc1cc(/C=C2/SC(=O)N(CC(=O)Nc3ccc(OC)cc3)C2=O)cc(Cl)c1OCc1ccc([N+](=O)[O-])cc1. The number of nitrogens with zero attached hydrogens (tertiary/aromatic N) is 2. The maximum absolute atomic E-state index is 13.0. The quantitative estimate of drug-likeness (QED) is 0.162. The fraction of sp³-hybridized carbons (Fsp3) is 0.179. The molecule has 212 valence electrons. The minimum absolute atomic E-state index is 0.0339. The topological polar surface area (TPSA) is 137 Å². The Morgan fingerprint density at radius 3 is 2.44 bits per heavy atom. The number of carbonyl (C=O) groups excluding carboxylic acids is 3. The number of hydrogen-bond donors (Lipinski definition) is 1. The molecule has 0 aromatic heterocycles. The number of nitro groups is 1. The second kappa shape index (κ2) is 13.2. The number of halogens is 1. The van der Waals surface area contributed by atoms with E-state index in [-0.39, 0.29) is 28.0 Å². The lowest BCUT2D eigenvalue weighted by Crippen LogP contribution is -2.36. The van der Waals surface area contributed by atoms with Crippen LogP contribution in [-0.2, 0) is 16.2 Å². The van der Waals surface area contributed by atoms with E-state index < -0.39 is 28.5 Å². The molecule has 1 fully saturated rings. The molecule has 3 amide bonds. The van der Waals surface area contributed by atoms with Crippen LogP contribution in [-0.4, -0.2) is 47.1 Å². The van der Waals surface area contributed by atoms with Crippen LogP contribution in [0.3, 0.4) is 0 Å². The summed E-state index contributed by atoms with van der Waals surface area (Å²) in [6.07, 6.45) is 1.49. The van der Waals surface area contributed by atoms with Crippen molar-refractivity contribution < 1.29 is 33.5 Å². The lowest BCUT2D eigenvalue weighted by Gasteiger charge is -2.15. The molecule has 3 aromatic rings. The minimum atomic E-state index is -0.613. The van der Waals surface area contributed by atoms with Gasteiger partial charge in [0.05, 0.1) is 28.6 Å². The van der Waals surface area contributed by atoms with E-state index in [2.05, 4.69) is 5.32 Å². The van der Waals surface area contributed by atoms with Crippen LogP contribution < -0.4 is 19.5 Å². The van der Waals surface area contributed by atoms with Crippen molar-refractivity contribution >= 4 is 57.9 Å². The fourth-order valence-electron chi connectivity index (χ4n) is 3.75. The van der Waals surface area contributed by atoms with Crippen LogP contribution in [0.15, 0.2) is 65.6 Å². The van der Waals surface area contributed by atoms with Crippen molar-refractivity contribution in [1.29, 1.82) is 0 Å². The molecule has 0 atom stereocenters. The molecular weight excluding hydrogens is 574 g/mol. The number of amides is 3. The number of rotatable bonds is 11. The number of nitro benzene ring substituents is 1. The van der Waals surface area contributed by atoms with Gasteiger partial charge in [-0.25, -0.2) is 0 Å². The zero-order chi connectivity index (χ0) is 29.5. The summed E-state index contributed by atoms with van der Waals surface area (Å²) in [7, 11) is 1.53. The summed E-state index contributed by atoms with van der Waals surface area (Å²) in [5.74, 6) is 0.0433. The molecule has 1 N–H and O–H groups in total. The normalized spacial score (nSPS) is 13.8. The van der Waals surface area contributed by atoms with Crippen LogP contribution in [0.2, 0.25) is 5.02 Å². The van der Waals surface area contributed by atoms with Gasteiger partial charge in [-0.2, -0.15) is 0 Å². The number of benzene rings is 3. The fourth-order valence-corrected chi connectivity index (χ4v) is 4.86. The van der Waals surface area contributed by atoms with Crippen LogP contribution in [0.1, 0.15) is 18.1 Å². The minimum Gasteiger partial charge on any atom is -0.497 e. The van der Waals surface area contributed by atoms with Gasteiger partial charge in [-0.05, 0) is 84.4 Å². The first-order valence-corrected chi connectivity index (χ1v) is 13.4. The molecule has 4 rings (SSSR count). The number of non-ortho nitro benzene ring substituents is 1. The van der Waals surface area contributed by atoms with Crippen molar-refractivity contribution in [2.75, 3.05) is 25.6 Å². The maximum Gasteiger partial charge on any atom is 0.294 e. The Morgan fingerprint density at radius 2 is 1.80 bits per heavy atom. The largest absolute Gasteiger partial charge is 0.497 e. The molecule has 0 spiro atoms. The molecular formula is C28H24ClN3O8S. The van der Waals surface area contributed by atoms with Gasteiger partial charge in [0.25, 0.3) is 16.8 Å². The lowest BCUT2D eigenvalue weighted by atomic mass is 10.1. The van der Waals surface area contributed by atoms with Gasteiger partial charge in [0, 0.05) is 17.8 Å². The highest BCUT2D eigenvalue weighted by molar-refractivity contribution is 8.18. The van der Waals surface area contributed by atoms with Crippen molar-refractivity contribution in [3.63, 3.8) is 0 Å². The molecule has 0 radical (unpaired) electrons. The average Bonchev–Trinajstić information content (AvgIpc) is 3.20. The number of methoxy groups -OCH3 is 1. The Bertz CT molecular complexity index is 1510. The van der Waals surface area contributed by atoms with Gasteiger partial charge < -0.3 is 19.5 Å². The summed E-state index contributed by atoms with van der Waals surface area (Å²) in [4.78, 5) is 49.4. The summed E-state index contributed by atoms with van der Waals surface area (Å²) in [5.41, 5.74) is 1.62. The van der Waals surface area contributed by atoms with Crippen LogP contribution in [0, 0.1) is 10.1 Å². The van der Waals surface area contributed by atoms with Gasteiger partial charge in [-0.3, -0.25) is 29.4 Å².